The zero-order valence-electron chi connectivity index (χ0n) is 71.4. The van der Waals surface area contributed by atoms with Gasteiger partial charge in [0.25, 0.3) is 0 Å². The molecule has 5 aromatic heterocycles. The van der Waals surface area contributed by atoms with Crippen molar-refractivity contribution < 1.29 is 4.42 Å². The number of aromatic nitrogens is 3. The molecule has 6 nitrogen and oxygen atoms in total. The van der Waals surface area contributed by atoms with Crippen LogP contribution in [-0.2, 0) is 11.8 Å². The van der Waals surface area contributed by atoms with E-state index in [0.717, 1.165) is 107 Å². The van der Waals surface area contributed by atoms with Crippen LogP contribution in [-0.4, -0.2) is 13.7 Å². The first-order valence-corrected chi connectivity index (χ1v) is 45.8. The van der Waals surface area contributed by atoms with Crippen molar-refractivity contribution in [2.45, 2.75) is 38.6 Å². The van der Waals surface area contributed by atoms with Crippen LogP contribution in [0.2, 0.25) is 0 Å². The average Bonchev–Trinajstić information content (AvgIpc) is 1.55. The van der Waals surface area contributed by atoms with Gasteiger partial charge in [-0.05, 0) is 246 Å². The lowest BCUT2D eigenvalue weighted by Gasteiger charge is -2.28. The highest BCUT2D eigenvalue weighted by molar-refractivity contribution is 7.25. The first kappa shape index (κ1) is 72.8. The van der Waals surface area contributed by atoms with E-state index < -0.39 is 0 Å². The topological polar surface area (TPSA) is 34.4 Å². The summed E-state index contributed by atoms with van der Waals surface area (Å²) in [7, 11) is 0. The van der Waals surface area contributed by atoms with E-state index >= 15 is 0 Å². The Morgan fingerprint density at radius 3 is 1.55 bits per heavy atom. The molecule has 4 aliphatic carbocycles. The van der Waals surface area contributed by atoms with Crippen molar-refractivity contribution in [3.63, 3.8) is 0 Å². The van der Waals surface area contributed by atoms with Crippen LogP contribution in [0.15, 0.2) is 410 Å². The Labute approximate surface area is 752 Å². The molecule has 20 aromatic carbocycles. The van der Waals surface area contributed by atoms with Crippen LogP contribution in [0, 0.1) is 11.8 Å². The van der Waals surface area contributed by atoms with Crippen molar-refractivity contribution >= 4 is 202 Å². The summed E-state index contributed by atoms with van der Waals surface area (Å²) in [5.74, 6) is 7.69. The van der Waals surface area contributed by atoms with Crippen LogP contribution in [0.3, 0.4) is 0 Å². The number of fused-ring (bicyclic) bond motifs is 30. The SMILES string of the molecule is CC1=C=C(c2ccc(N(c3ccc4sc5ccccc5c4c3)c3cccc4c5ccccc5n(-c5ccc6cc5C6)c34)cc2)C#CC1n1c2ccc(-c3ccc4c(c3)C(C)(C)c3cc(N(c5ccc(-c6ccc(-n7c8ccccc8c8c9ccccc9c9ccccc9c87)cc6)cc5)c5ccc6oc7ccccc7c6c5)ccc3-4)cc2c2c3ccccc3c3ccccc3c21. The van der Waals surface area contributed by atoms with Crippen molar-refractivity contribution in [2.24, 2.45) is 0 Å². The summed E-state index contributed by atoms with van der Waals surface area (Å²) in [6, 6.07) is 147. The minimum atomic E-state index is -0.367. The van der Waals surface area contributed by atoms with Crippen molar-refractivity contribution in [3.8, 4) is 56.6 Å². The minimum absolute atomic E-state index is 0.304. The Hall–Kier alpha value is -16.5. The first-order chi connectivity index (χ1) is 64.1. The van der Waals surface area contributed by atoms with Crippen molar-refractivity contribution in [1.29, 1.82) is 0 Å². The van der Waals surface area contributed by atoms with E-state index in [0.29, 0.717) is 0 Å². The van der Waals surface area contributed by atoms with Crippen LogP contribution in [0.1, 0.15) is 54.6 Å². The van der Waals surface area contributed by atoms with Gasteiger partial charge in [-0.1, -0.05) is 280 Å². The van der Waals surface area contributed by atoms with E-state index in [1.807, 2.05) is 17.4 Å². The summed E-state index contributed by atoms with van der Waals surface area (Å²) in [5, 5.41) is 22.1. The van der Waals surface area contributed by atoms with Gasteiger partial charge in [0.15, 0.2) is 0 Å². The summed E-state index contributed by atoms with van der Waals surface area (Å²) in [6.07, 6.45) is 0.986. The highest BCUT2D eigenvalue weighted by Crippen LogP contribution is 2.55. The number of nitrogens with zero attached hydrogens (tertiary/aromatic N) is 5. The molecule has 0 N–H and O–H groups in total. The van der Waals surface area contributed by atoms with E-state index in [4.69, 9.17) is 4.42 Å². The molecular weight excluding hydrogens is 1600 g/mol. The predicted octanol–water partition coefficient (Wildman–Crippen LogP) is 33.5. The van der Waals surface area contributed by atoms with Crippen LogP contribution < -0.4 is 9.80 Å². The monoisotopic (exact) mass is 1670 g/mol. The molecule has 130 heavy (non-hydrogen) atoms. The largest absolute Gasteiger partial charge is 0.456 e. The predicted molar refractivity (Wildman–Crippen MR) is 548 cm³/mol. The lowest BCUT2D eigenvalue weighted by molar-refractivity contribution is 0.660. The van der Waals surface area contributed by atoms with E-state index in [-0.39, 0.29) is 11.5 Å². The second-order valence-corrected chi connectivity index (χ2v) is 37.2. The zero-order chi connectivity index (χ0) is 85.5. The van der Waals surface area contributed by atoms with Crippen molar-refractivity contribution in [1.82, 2.24) is 13.7 Å². The number of anilines is 6. The molecule has 5 heterocycles. The minimum Gasteiger partial charge on any atom is -0.456 e. The number of hydrogen-bond acceptors (Lipinski definition) is 4. The molecule has 0 aliphatic heterocycles. The summed E-state index contributed by atoms with van der Waals surface area (Å²) >= 11 is 1.85. The molecule has 0 saturated heterocycles. The van der Waals surface area contributed by atoms with Gasteiger partial charge < -0.3 is 27.9 Å². The van der Waals surface area contributed by atoms with Gasteiger partial charge in [-0.25, -0.2) is 0 Å². The first-order valence-electron chi connectivity index (χ1n) is 45.0. The van der Waals surface area contributed by atoms with Crippen LogP contribution in [0.25, 0.3) is 201 Å². The summed E-state index contributed by atoms with van der Waals surface area (Å²) in [4.78, 5) is 4.90. The quantitative estimate of drug-likeness (QED) is 0.0695. The molecule has 0 amide bonds. The fourth-order valence-electron chi connectivity index (χ4n) is 22.6. The second kappa shape index (κ2) is 27.5. The van der Waals surface area contributed by atoms with E-state index in [1.54, 1.807) is 0 Å². The third-order valence-electron chi connectivity index (χ3n) is 28.7. The molecule has 29 rings (SSSR count). The number of benzene rings is 20. The molecule has 1 atom stereocenters. The van der Waals surface area contributed by atoms with Gasteiger partial charge in [-0.3, -0.25) is 0 Å². The van der Waals surface area contributed by atoms with Crippen molar-refractivity contribution in [3.05, 3.63) is 433 Å². The average molecular weight is 1670 g/mol. The highest BCUT2D eigenvalue weighted by Gasteiger charge is 2.38. The summed E-state index contributed by atoms with van der Waals surface area (Å²) in [5.41, 5.74) is 36.7. The molecule has 0 fully saturated rings. The number of hydrogen-bond donors (Lipinski definition) is 0. The van der Waals surface area contributed by atoms with Crippen LogP contribution in [0.4, 0.5) is 34.1 Å². The Bertz CT molecular complexity index is 9450. The van der Waals surface area contributed by atoms with Gasteiger partial charge in [0, 0.05) is 125 Å². The van der Waals surface area contributed by atoms with Crippen LogP contribution >= 0.6 is 11.3 Å². The summed E-state index contributed by atoms with van der Waals surface area (Å²) < 4.78 is 16.6. The van der Waals surface area contributed by atoms with Gasteiger partial charge in [0.05, 0.1) is 44.4 Å². The smallest absolute Gasteiger partial charge is 0.135 e. The normalized spacial score (nSPS) is 13.9. The number of para-hydroxylation sites is 4. The zero-order valence-corrected chi connectivity index (χ0v) is 72.2. The molecule has 25 aromatic rings. The van der Waals surface area contributed by atoms with Gasteiger partial charge in [-0.15, -0.1) is 17.1 Å². The number of furan rings is 1. The highest BCUT2D eigenvalue weighted by atomic mass is 32.1. The van der Waals surface area contributed by atoms with Gasteiger partial charge in [-0.2, -0.15) is 0 Å². The molecular formula is C123H77N5OS. The third kappa shape index (κ3) is 10.6. The Balaban J connectivity index is 0.528. The maximum atomic E-state index is 6.49. The van der Waals surface area contributed by atoms with Crippen molar-refractivity contribution in [2.75, 3.05) is 9.80 Å². The molecule has 0 saturated carbocycles. The number of thiophene rings is 1. The maximum absolute atomic E-state index is 6.49. The number of rotatable bonds is 12. The number of allylic oxidation sites excluding steroid dienone is 1. The molecule has 606 valence electrons. The lowest BCUT2D eigenvalue weighted by Crippen LogP contribution is -2.16. The van der Waals surface area contributed by atoms with E-state index in [2.05, 4.69) is 450 Å². The summed E-state index contributed by atoms with van der Waals surface area (Å²) in [6.45, 7) is 7.05. The third-order valence-corrected chi connectivity index (χ3v) is 29.9. The molecule has 0 radical (unpaired) electrons. The molecule has 4 aliphatic rings. The van der Waals surface area contributed by atoms with E-state index in [9.17, 15) is 0 Å². The standard InChI is InChI=1S/C123H77N5OS/c1-73-65-78(77-44-51-83(52-45-77)125(86-57-64-117-104(71-86)96-27-15-19-38-116(96)130-117)113-36-20-33-101-94-25-12-16-34-110(94)128(120(101)113)109-60-39-74-66-81(109)67-74)47-61-108(73)127-112-62-48-79(68-105(112)119-98-29-9-5-22-89(98)91-24-7-11-31-100(91)122(119)127)80-46-58-92-93-59-55-87(72-107(93)123(2,3)106(92)69-80)124(85-56-63-115-103(70-85)95-26-14-18-37-114(95)129-115)82-49-40-75(41-50-82)76-42-53-84(54-43-76)126-111-35-17-13-32-102(111)118-97-28-8-4-21-88(97)90-23-6-10-30-99(90)121(118)126/h4-46,48-60,62-64,66,68-72,108H,67H2,1-3H3. The van der Waals surface area contributed by atoms with Gasteiger partial charge in [0.2, 0.25) is 0 Å². The Morgan fingerprint density at radius 2 is 0.838 bits per heavy atom. The molecule has 1 unspecified atom stereocenters. The van der Waals surface area contributed by atoms with Gasteiger partial charge >= 0.3 is 0 Å². The van der Waals surface area contributed by atoms with E-state index in [1.165, 1.54) is 168 Å². The Kier molecular flexibility index (Phi) is 15.4. The second-order valence-electron chi connectivity index (χ2n) is 36.1. The molecule has 7 heteroatoms. The molecule has 2 bridgehead atoms. The molecule has 0 spiro atoms. The fourth-order valence-corrected chi connectivity index (χ4v) is 23.7. The van der Waals surface area contributed by atoms with Gasteiger partial charge in [0.1, 0.15) is 17.2 Å². The maximum Gasteiger partial charge on any atom is 0.135 e. The van der Waals surface area contributed by atoms with Crippen LogP contribution in [0.5, 0.6) is 0 Å². The lowest BCUT2D eigenvalue weighted by atomic mass is 9.81. The Morgan fingerprint density at radius 1 is 0.338 bits per heavy atom. The fraction of sp³-hybridized carbons (Fsp3) is 0.0488.